The molecule has 0 bridgehead atoms. The average molecular weight is 247 g/mol. The summed E-state index contributed by atoms with van der Waals surface area (Å²) in [4.78, 5) is 4.76. The van der Waals surface area contributed by atoms with Crippen molar-refractivity contribution in [1.82, 2.24) is 9.80 Å². The van der Waals surface area contributed by atoms with E-state index in [4.69, 9.17) is 5.26 Å². The van der Waals surface area contributed by atoms with Crippen molar-refractivity contribution in [2.45, 2.75) is 33.2 Å². The van der Waals surface area contributed by atoms with Crippen LogP contribution in [0.4, 0.5) is 0 Å². The van der Waals surface area contributed by atoms with Gasteiger partial charge in [-0.3, -0.25) is 4.90 Å². The van der Waals surface area contributed by atoms with Gasteiger partial charge in [0.25, 0.3) is 0 Å². The molecule has 1 heterocycles. The third-order valence-corrected chi connectivity index (χ3v) is 3.71. The summed E-state index contributed by atoms with van der Waals surface area (Å²) in [6, 6.07) is 2.80. The average Bonchev–Trinajstić information content (AvgIpc) is 2.32. The molecule has 1 aliphatic heterocycles. The molecule has 0 aliphatic carbocycles. The Morgan fingerprint density at radius 3 is 2.67 bits per heavy atom. The molecule has 0 aromatic heterocycles. The molecule has 1 atom stereocenters. The van der Waals surface area contributed by atoms with Crippen LogP contribution in [0.5, 0.6) is 0 Å². The smallest absolute Gasteiger partial charge is 0.101 e. The zero-order chi connectivity index (χ0) is 13.7. The number of piperazine rings is 1. The van der Waals surface area contributed by atoms with Crippen LogP contribution in [-0.2, 0) is 0 Å². The summed E-state index contributed by atoms with van der Waals surface area (Å²) in [6.45, 7) is 13.3. The van der Waals surface area contributed by atoms with Crippen molar-refractivity contribution < 1.29 is 0 Å². The molecule has 1 rings (SSSR count). The summed E-state index contributed by atoms with van der Waals surface area (Å²) in [5, 5.41) is 9.07. The van der Waals surface area contributed by atoms with Gasteiger partial charge in [-0.2, -0.15) is 5.26 Å². The van der Waals surface area contributed by atoms with Gasteiger partial charge >= 0.3 is 0 Å². The van der Waals surface area contributed by atoms with Crippen molar-refractivity contribution in [3.8, 4) is 6.07 Å². The van der Waals surface area contributed by atoms with E-state index in [0.717, 1.165) is 25.3 Å². The normalized spacial score (nSPS) is 22.7. The summed E-state index contributed by atoms with van der Waals surface area (Å²) >= 11 is 0. The van der Waals surface area contributed by atoms with Crippen molar-refractivity contribution in [2.24, 2.45) is 5.92 Å². The number of allylic oxidation sites excluding steroid dienone is 3. The quantitative estimate of drug-likeness (QED) is 0.565. The fourth-order valence-electron chi connectivity index (χ4n) is 2.49. The fraction of sp³-hybridized carbons (Fsp3) is 0.667. The Morgan fingerprint density at radius 2 is 2.17 bits per heavy atom. The molecule has 1 fully saturated rings. The molecular weight excluding hydrogens is 222 g/mol. The van der Waals surface area contributed by atoms with E-state index in [9.17, 15) is 0 Å². The predicted molar refractivity (Wildman–Crippen MR) is 76.0 cm³/mol. The molecule has 0 amide bonds. The van der Waals surface area contributed by atoms with Crippen LogP contribution >= 0.6 is 0 Å². The van der Waals surface area contributed by atoms with Crippen molar-refractivity contribution >= 4 is 0 Å². The lowest BCUT2D eigenvalue weighted by Crippen LogP contribution is -2.51. The summed E-state index contributed by atoms with van der Waals surface area (Å²) in [7, 11) is 2.20. The van der Waals surface area contributed by atoms with Gasteiger partial charge in [0.05, 0.1) is 5.57 Å². The zero-order valence-corrected chi connectivity index (χ0v) is 12.1. The van der Waals surface area contributed by atoms with E-state index < -0.39 is 0 Å². The number of nitrogens with zero attached hydrogens (tertiary/aromatic N) is 3. The second-order valence-corrected chi connectivity index (χ2v) is 5.53. The Balaban J connectivity index is 2.79. The standard InChI is InChI=1S/C15H25N3/c1-6-14(10-16)13(4)18-8-7-17(5)15(11-18)9-12(2)3/h6,12,15H,1,7-9,11H2,2-5H3/b14-13-/t15-/m1/s1. The first-order valence-corrected chi connectivity index (χ1v) is 6.68. The minimum absolute atomic E-state index is 0.582. The Bertz CT molecular complexity index is 362. The van der Waals surface area contributed by atoms with Crippen molar-refractivity contribution in [1.29, 1.82) is 5.26 Å². The molecule has 18 heavy (non-hydrogen) atoms. The number of likely N-dealkylation sites (N-methyl/N-ethyl adjacent to an activating group) is 1. The molecule has 3 heteroatoms. The van der Waals surface area contributed by atoms with E-state index in [1.807, 2.05) is 6.92 Å². The monoisotopic (exact) mass is 247 g/mol. The predicted octanol–water partition coefficient (Wildman–Crippen LogP) is 2.63. The van der Waals surface area contributed by atoms with Crippen LogP contribution in [0, 0.1) is 17.2 Å². The highest BCUT2D eigenvalue weighted by atomic mass is 15.3. The Labute approximate surface area is 111 Å². The van der Waals surface area contributed by atoms with Gasteiger partial charge in [-0.1, -0.05) is 20.4 Å². The fourth-order valence-corrected chi connectivity index (χ4v) is 2.49. The van der Waals surface area contributed by atoms with Crippen molar-refractivity contribution in [2.75, 3.05) is 26.7 Å². The molecule has 3 nitrogen and oxygen atoms in total. The van der Waals surface area contributed by atoms with Gasteiger partial charge < -0.3 is 4.90 Å². The molecule has 0 aromatic carbocycles. The van der Waals surface area contributed by atoms with Gasteiger partial charge in [0.1, 0.15) is 6.07 Å². The molecule has 0 spiro atoms. The molecule has 1 aliphatic rings. The van der Waals surface area contributed by atoms with Gasteiger partial charge in [-0.25, -0.2) is 0 Å². The number of hydrogen-bond acceptors (Lipinski definition) is 3. The highest BCUT2D eigenvalue weighted by Gasteiger charge is 2.25. The highest BCUT2D eigenvalue weighted by Crippen LogP contribution is 2.20. The van der Waals surface area contributed by atoms with Crippen LogP contribution in [-0.4, -0.2) is 42.5 Å². The first-order valence-electron chi connectivity index (χ1n) is 6.68. The Morgan fingerprint density at radius 1 is 1.50 bits per heavy atom. The summed E-state index contributed by atoms with van der Waals surface area (Å²) in [5.74, 6) is 0.705. The summed E-state index contributed by atoms with van der Waals surface area (Å²) in [6.07, 6.45) is 2.86. The maximum absolute atomic E-state index is 9.07. The molecule has 0 N–H and O–H groups in total. The van der Waals surface area contributed by atoms with Gasteiger partial charge in [-0.15, -0.1) is 0 Å². The van der Waals surface area contributed by atoms with Crippen LogP contribution in [0.2, 0.25) is 0 Å². The van der Waals surface area contributed by atoms with E-state index in [2.05, 4.69) is 43.3 Å². The molecular formula is C15H25N3. The van der Waals surface area contributed by atoms with E-state index >= 15 is 0 Å². The van der Waals surface area contributed by atoms with E-state index in [-0.39, 0.29) is 0 Å². The maximum atomic E-state index is 9.07. The molecule has 0 radical (unpaired) electrons. The van der Waals surface area contributed by atoms with Gasteiger partial charge in [0, 0.05) is 31.4 Å². The third kappa shape index (κ3) is 3.61. The number of rotatable bonds is 4. The molecule has 0 aromatic rings. The molecule has 0 unspecified atom stereocenters. The molecule has 1 saturated heterocycles. The SMILES string of the molecule is C=C/C(C#N)=C(\C)N1CCN(C)[C@H](CC(C)C)C1. The zero-order valence-electron chi connectivity index (χ0n) is 12.1. The number of nitriles is 1. The lowest BCUT2D eigenvalue weighted by Gasteiger charge is -2.42. The van der Waals surface area contributed by atoms with E-state index in [1.54, 1.807) is 6.08 Å². The number of hydrogen-bond donors (Lipinski definition) is 0. The molecule has 0 saturated carbocycles. The Hall–Kier alpha value is -1.27. The third-order valence-electron chi connectivity index (χ3n) is 3.71. The van der Waals surface area contributed by atoms with Crippen LogP contribution in [0.3, 0.4) is 0 Å². The lowest BCUT2D eigenvalue weighted by molar-refractivity contribution is 0.104. The first-order chi connectivity index (χ1) is 8.49. The second-order valence-electron chi connectivity index (χ2n) is 5.53. The topological polar surface area (TPSA) is 30.3 Å². The van der Waals surface area contributed by atoms with Crippen molar-refractivity contribution in [3.63, 3.8) is 0 Å². The second kappa shape index (κ2) is 6.61. The summed E-state index contributed by atoms with van der Waals surface area (Å²) < 4.78 is 0. The highest BCUT2D eigenvalue weighted by molar-refractivity contribution is 5.35. The van der Waals surface area contributed by atoms with Crippen LogP contribution in [0.25, 0.3) is 0 Å². The van der Waals surface area contributed by atoms with E-state index in [0.29, 0.717) is 17.5 Å². The van der Waals surface area contributed by atoms with Gasteiger partial charge in [0.15, 0.2) is 0 Å². The van der Waals surface area contributed by atoms with Gasteiger partial charge in [-0.05, 0) is 32.4 Å². The van der Waals surface area contributed by atoms with Crippen molar-refractivity contribution in [3.05, 3.63) is 23.9 Å². The molecule has 100 valence electrons. The minimum Gasteiger partial charge on any atom is -0.371 e. The van der Waals surface area contributed by atoms with Gasteiger partial charge in [0.2, 0.25) is 0 Å². The minimum atomic E-state index is 0.582. The first kappa shape index (κ1) is 14.8. The lowest BCUT2D eigenvalue weighted by atomic mass is 10.00. The van der Waals surface area contributed by atoms with Crippen LogP contribution in [0.15, 0.2) is 23.9 Å². The van der Waals surface area contributed by atoms with Crippen LogP contribution in [0.1, 0.15) is 27.2 Å². The Kier molecular flexibility index (Phi) is 5.43. The van der Waals surface area contributed by atoms with E-state index in [1.165, 1.54) is 6.42 Å². The summed E-state index contributed by atoms with van der Waals surface area (Å²) in [5.41, 5.74) is 1.76. The largest absolute Gasteiger partial charge is 0.371 e. The maximum Gasteiger partial charge on any atom is 0.101 e. The van der Waals surface area contributed by atoms with Crippen LogP contribution < -0.4 is 0 Å².